The zero-order valence-electron chi connectivity index (χ0n) is 7.92. The molecule has 0 bridgehead atoms. The number of nitrogens with zero attached hydrogens (tertiary/aromatic N) is 1. The fourth-order valence-electron chi connectivity index (χ4n) is 1.56. The van der Waals surface area contributed by atoms with Crippen LogP contribution in [0.5, 0.6) is 0 Å². The van der Waals surface area contributed by atoms with E-state index in [4.69, 9.17) is 4.74 Å². The second-order valence-corrected chi connectivity index (χ2v) is 4.68. The first-order chi connectivity index (χ1) is 5.72. The summed E-state index contributed by atoms with van der Waals surface area (Å²) in [6.45, 7) is 8.92. The normalized spacial score (nSPS) is 26.5. The van der Waals surface area contributed by atoms with Crippen molar-refractivity contribution in [1.29, 1.82) is 0 Å². The Balaban J connectivity index is 2.25. The van der Waals surface area contributed by atoms with Crippen molar-refractivity contribution in [3.05, 3.63) is 0 Å². The summed E-state index contributed by atoms with van der Waals surface area (Å²) >= 11 is 2.40. The highest BCUT2D eigenvalue weighted by Gasteiger charge is 2.19. The van der Waals surface area contributed by atoms with Gasteiger partial charge < -0.3 is 4.74 Å². The molecule has 0 aromatic rings. The van der Waals surface area contributed by atoms with E-state index in [0.717, 1.165) is 30.0 Å². The minimum Gasteiger partial charge on any atom is -0.375 e. The number of alkyl halides is 1. The van der Waals surface area contributed by atoms with Crippen LogP contribution in [-0.2, 0) is 4.74 Å². The van der Waals surface area contributed by atoms with E-state index in [0.29, 0.717) is 6.10 Å². The van der Waals surface area contributed by atoms with Crippen molar-refractivity contribution in [2.45, 2.75) is 20.0 Å². The summed E-state index contributed by atoms with van der Waals surface area (Å²) in [5.41, 5.74) is 0. The monoisotopic (exact) mass is 283 g/mol. The summed E-state index contributed by atoms with van der Waals surface area (Å²) in [6.07, 6.45) is 0.470. The molecular formula is C9H18INO. The Hall–Kier alpha value is 0.650. The Morgan fingerprint density at radius 1 is 1.58 bits per heavy atom. The topological polar surface area (TPSA) is 12.5 Å². The molecular weight excluding hydrogens is 265 g/mol. The summed E-state index contributed by atoms with van der Waals surface area (Å²) in [7, 11) is 0. The molecule has 1 unspecified atom stereocenters. The summed E-state index contributed by atoms with van der Waals surface area (Å²) in [5, 5.41) is 0. The highest BCUT2D eigenvalue weighted by molar-refractivity contribution is 14.1. The lowest BCUT2D eigenvalue weighted by Crippen LogP contribution is -2.44. The van der Waals surface area contributed by atoms with E-state index < -0.39 is 0 Å². The minimum atomic E-state index is 0.470. The van der Waals surface area contributed by atoms with Crippen LogP contribution in [0.1, 0.15) is 13.8 Å². The second-order valence-electron chi connectivity index (χ2n) is 3.80. The fourth-order valence-corrected chi connectivity index (χ4v) is 2.09. The molecule has 0 saturated carbocycles. The van der Waals surface area contributed by atoms with Crippen LogP contribution in [0.15, 0.2) is 0 Å². The van der Waals surface area contributed by atoms with Gasteiger partial charge in [-0.25, -0.2) is 0 Å². The summed E-state index contributed by atoms with van der Waals surface area (Å²) in [5.74, 6) is 0.776. The first-order valence-corrected chi connectivity index (χ1v) is 6.15. The largest absolute Gasteiger partial charge is 0.375 e. The maximum absolute atomic E-state index is 5.59. The SMILES string of the molecule is CC(C)CN1CCOC(CI)C1. The molecule has 0 aliphatic carbocycles. The molecule has 1 saturated heterocycles. The maximum Gasteiger partial charge on any atom is 0.0791 e. The third kappa shape index (κ3) is 3.58. The molecule has 1 rings (SSSR count). The van der Waals surface area contributed by atoms with Gasteiger partial charge in [0.1, 0.15) is 0 Å². The quantitative estimate of drug-likeness (QED) is 0.578. The van der Waals surface area contributed by atoms with Gasteiger partial charge in [-0.2, -0.15) is 0 Å². The van der Waals surface area contributed by atoms with E-state index in [1.807, 2.05) is 0 Å². The van der Waals surface area contributed by atoms with Crippen LogP contribution in [0.4, 0.5) is 0 Å². The fraction of sp³-hybridized carbons (Fsp3) is 1.00. The van der Waals surface area contributed by atoms with Crippen LogP contribution >= 0.6 is 22.6 Å². The van der Waals surface area contributed by atoms with E-state index in [9.17, 15) is 0 Å². The lowest BCUT2D eigenvalue weighted by atomic mass is 10.2. The average molecular weight is 283 g/mol. The Morgan fingerprint density at radius 2 is 2.33 bits per heavy atom. The van der Waals surface area contributed by atoms with Gasteiger partial charge in [0.25, 0.3) is 0 Å². The third-order valence-electron chi connectivity index (χ3n) is 2.02. The van der Waals surface area contributed by atoms with Crippen LogP contribution in [0.3, 0.4) is 0 Å². The molecule has 1 fully saturated rings. The first-order valence-electron chi connectivity index (χ1n) is 4.62. The van der Waals surface area contributed by atoms with E-state index in [2.05, 4.69) is 41.3 Å². The number of rotatable bonds is 3. The molecule has 1 aliphatic rings. The Kier molecular flexibility index (Phi) is 4.82. The van der Waals surface area contributed by atoms with Crippen molar-refractivity contribution < 1.29 is 4.74 Å². The molecule has 0 N–H and O–H groups in total. The second kappa shape index (κ2) is 5.40. The van der Waals surface area contributed by atoms with Gasteiger partial charge in [0.2, 0.25) is 0 Å². The molecule has 0 aromatic carbocycles. The molecule has 0 radical (unpaired) electrons. The summed E-state index contributed by atoms with van der Waals surface area (Å²) in [6, 6.07) is 0. The molecule has 2 nitrogen and oxygen atoms in total. The van der Waals surface area contributed by atoms with Crippen molar-refractivity contribution in [2.75, 3.05) is 30.7 Å². The maximum atomic E-state index is 5.59. The molecule has 12 heavy (non-hydrogen) atoms. The zero-order valence-corrected chi connectivity index (χ0v) is 10.1. The summed E-state index contributed by atoms with van der Waals surface area (Å²) < 4.78 is 6.71. The zero-order chi connectivity index (χ0) is 8.97. The van der Waals surface area contributed by atoms with E-state index in [1.165, 1.54) is 6.54 Å². The van der Waals surface area contributed by atoms with Crippen molar-refractivity contribution in [3.63, 3.8) is 0 Å². The number of hydrogen-bond donors (Lipinski definition) is 0. The van der Waals surface area contributed by atoms with Gasteiger partial charge in [0.05, 0.1) is 12.7 Å². The predicted molar refractivity (Wildman–Crippen MR) is 59.9 cm³/mol. The Morgan fingerprint density at radius 3 is 2.92 bits per heavy atom. The van der Waals surface area contributed by atoms with Gasteiger partial charge in [-0.3, -0.25) is 4.90 Å². The van der Waals surface area contributed by atoms with Gasteiger partial charge >= 0.3 is 0 Å². The average Bonchev–Trinajstić information content (AvgIpc) is 2.03. The minimum absolute atomic E-state index is 0.470. The van der Waals surface area contributed by atoms with Crippen molar-refractivity contribution in [1.82, 2.24) is 4.90 Å². The highest BCUT2D eigenvalue weighted by atomic mass is 127. The van der Waals surface area contributed by atoms with Gasteiger partial charge in [0.15, 0.2) is 0 Å². The van der Waals surface area contributed by atoms with Crippen molar-refractivity contribution in [2.24, 2.45) is 5.92 Å². The lowest BCUT2D eigenvalue weighted by molar-refractivity contribution is -0.0177. The van der Waals surface area contributed by atoms with Crippen LogP contribution < -0.4 is 0 Å². The highest BCUT2D eigenvalue weighted by Crippen LogP contribution is 2.09. The van der Waals surface area contributed by atoms with Gasteiger partial charge in [-0.05, 0) is 5.92 Å². The third-order valence-corrected chi connectivity index (χ3v) is 3.00. The molecule has 72 valence electrons. The molecule has 0 amide bonds. The standard InChI is InChI=1S/C9H18INO/c1-8(2)6-11-3-4-12-9(5-10)7-11/h8-9H,3-7H2,1-2H3. The predicted octanol–water partition coefficient (Wildman–Crippen LogP) is 1.78. The molecule has 3 heteroatoms. The van der Waals surface area contributed by atoms with Crippen LogP contribution in [0.25, 0.3) is 0 Å². The molecule has 1 atom stereocenters. The van der Waals surface area contributed by atoms with Crippen LogP contribution in [0.2, 0.25) is 0 Å². The van der Waals surface area contributed by atoms with Gasteiger partial charge in [-0.1, -0.05) is 36.4 Å². The molecule has 1 heterocycles. The number of morpholine rings is 1. The van der Waals surface area contributed by atoms with E-state index >= 15 is 0 Å². The number of ether oxygens (including phenoxy) is 1. The Bertz CT molecular complexity index is 130. The van der Waals surface area contributed by atoms with Gasteiger partial charge in [-0.15, -0.1) is 0 Å². The Labute approximate surface area is 88.8 Å². The lowest BCUT2D eigenvalue weighted by Gasteiger charge is -2.33. The van der Waals surface area contributed by atoms with E-state index in [1.54, 1.807) is 0 Å². The molecule has 0 spiro atoms. The summed E-state index contributed by atoms with van der Waals surface area (Å²) in [4.78, 5) is 2.51. The molecule has 1 aliphatic heterocycles. The first kappa shape index (κ1) is 10.7. The van der Waals surface area contributed by atoms with Crippen molar-refractivity contribution >= 4 is 22.6 Å². The van der Waals surface area contributed by atoms with Crippen LogP contribution in [-0.4, -0.2) is 41.7 Å². The van der Waals surface area contributed by atoms with Crippen LogP contribution in [0, 0.1) is 5.92 Å². The van der Waals surface area contributed by atoms with Crippen molar-refractivity contribution in [3.8, 4) is 0 Å². The number of halogens is 1. The van der Waals surface area contributed by atoms with Gasteiger partial charge in [0, 0.05) is 24.1 Å². The smallest absolute Gasteiger partial charge is 0.0791 e. The number of hydrogen-bond acceptors (Lipinski definition) is 2. The van der Waals surface area contributed by atoms with E-state index in [-0.39, 0.29) is 0 Å². The molecule has 0 aromatic heterocycles.